The second-order valence-corrected chi connectivity index (χ2v) is 17.2. The van der Waals surface area contributed by atoms with Crippen molar-refractivity contribution in [2.75, 3.05) is 23.7 Å². The molecule has 0 spiro atoms. The molecular weight excluding hydrogens is 520 g/mol. The molecule has 6 heteroatoms. The van der Waals surface area contributed by atoms with E-state index in [1.165, 1.54) is 12.8 Å². The minimum Gasteiger partial charge on any atom is -0.338 e. The van der Waals surface area contributed by atoms with E-state index in [4.69, 9.17) is 0 Å². The average molecular weight is 587 g/mol. The van der Waals surface area contributed by atoms with Gasteiger partial charge in [-0.25, -0.2) is 9.59 Å². The van der Waals surface area contributed by atoms with Crippen LogP contribution in [0, 0.1) is 47.3 Å². The zero-order valence-electron chi connectivity index (χ0n) is 29.8. The second kappa shape index (κ2) is 15.5. The van der Waals surface area contributed by atoms with Crippen LogP contribution in [-0.2, 0) is 0 Å². The van der Waals surface area contributed by atoms with Crippen molar-refractivity contribution in [2.24, 2.45) is 33.5 Å². The standard InChI is InChI=1S/C36H66N4O2/c1-25(21-35(11,12)23-33(5,6)7)15-17-37-31(41)39-29-20-30(28(4)19-27(29)3)40-32(42)38-18-16-26(2)22-36(13,14)24-34(8,9)10/h19-20,25-26H,15-18,21-24H2,1-14H3,(H2,37,39,41)(H2,38,40,42). The van der Waals surface area contributed by atoms with Crippen LogP contribution in [-0.4, -0.2) is 25.2 Å². The first-order chi connectivity index (χ1) is 19.0. The molecule has 1 aromatic rings. The molecule has 42 heavy (non-hydrogen) atoms. The normalized spacial score (nSPS) is 14.2. The van der Waals surface area contributed by atoms with Crippen LogP contribution in [0.15, 0.2) is 12.1 Å². The maximum Gasteiger partial charge on any atom is 0.319 e. The number of hydrogen-bond acceptors (Lipinski definition) is 2. The Bertz CT molecular complexity index is 937. The van der Waals surface area contributed by atoms with Crippen LogP contribution in [0.2, 0.25) is 0 Å². The van der Waals surface area contributed by atoms with Crippen molar-refractivity contribution >= 4 is 23.4 Å². The Morgan fingerprint density at radius 2 is 0.952 bits per heavy atom. The van der Waals surface area contributed by atoms with Crippen LogP contribution in [0.3, 0.4) is 0 Å². The molecule has 0 aromatic heterocycles. The first-order valence-electron chi connectivity index (χ1n) is 16.2. The largest absolute Gasteiger partial charge is 0.338 e. The highest BCUT2D eigenvalue weighted by Crippen LogP contribution is 2.39. The highest BCUT2D eigenvalue weighted by molar-refractivity contribution is 5.94. The minimum atomic E-state index is -0.220. The predicted molar refractivity (Wildman–Crippen MR) is 182 cm³/mol. The van der Waals surface area contributed by atoms with Crippen molar-refractivity contribution < 1.29 is 9.59 Å². The predicted octanol–water partition coefficient (Wildman–Crippen LogP) is 10.3. The van der Waals surface area contributed by atoms with E-state index in [-0.39, 0.29) is 22.9 Å². The van der Waals surface area contributed by atoms with Crippen LogP contribution in [0.4, 0.5) is 21.0 Å². The molecule has 0 fully saturated rings. The van der Waals surface area contributed by atoms with E-state index in [0.29, 0.717) is 47.1 Å². The van der Waals surface area contributed by atoms with Crippen LogP contribution < -0.4 is 21.3 Å². The summed E-state index contributed by atoms with van der Waals surface area (Å²) in [5.74, 6) is 1.05. The molecule has 242 valence electrons. The van der Waals surface area contributed by atoms with Crippen molar-refractivity contribution in [3.05, 3.63) is 23.3 Å². The Hall–Kier alpha value is -2.24. The van der Waals surface area contributed by atoms with Gasteiger partial charge in [-0.2, -0.15) is 0 Å². The number of urea groups is 2. The summed E-state index contributed by atoms with van der Waals surface area (Å²) in [6.45, 7) is 32.9. The van der Waals surface area contributed by atoms with Gasteiger partial charge in [0.1, 0.15) is 0 Å². The Morgan fingerprint density at radius 1 is 0.619 bits per heavy atom. The fourth-order valence-corrected chi connectivity index (χ4v) is 7.43. The van der Waals surface area contributed by atoms with Gasteiger partial charge in [0.25, 0.3) is 0 Å². The molecule has 6 nitrogen and oxygen atoms in total. The lowest BCUT2D eigenvalue weighted by atomic mass is 9.71. The van der Waals surface area contributed by atoms with Gasteiger partial charge in [-0.15, -0.1) is 0 Å². The average Bonchev–Trinajstić information content (AvgIpc) is 2.72. The van der Waals surface area contributed by atoms with Gasteiger partial charge >= 0.3 is 12.1 Å². The van der Waals surface area contributed by atoms with Crippen LogP contribution in [0.1, 0.15) is 133 Å². The van der Waals surface area contributed by atoms with Gasteiger partial charge in [0, 0.05) is 24.5 Å². The zero-order chi connectivity index (χ0) is 32.5. The summed E-state index contributed by atoms with van der Waals surface area (Å²) in [5.41, 5.74) is 4.47. The van der Waals surface area contributed by atoms with E-state index in [9.17, 15) is 9.59 Å². The molecule has 0 saturated heterocycles. The van der Waals surface area contributed by atoms with Crippen LogP contribution in [0.5, 0.6) is 0 Å². The number of benzene rings is 1. The van der Waals surface area contributed by atoms with Crippen LogP contribution in [0.25, 0.3) is 0 Å². The van der Waals surface area contributed by atoms with Crippen LogP contribution >= 0.6 is 0 Å². The molecule has 4 N–H and O–H groups in total. The maximum absolute atomic E-state index is 12.7. The molecule has 0 saturated carbocycles. The number of carbonyl (C=O) groups is 2. The van der Waals surface area contributed by atoms with Gasteiger partial charge in [0.05, 0.1) is 0 Å². The quantitative estimate of drug-likeness (QED) is 0.175. The van der Waals surface area contributed by atoms with Crippen molar-refractivity contribution in [2.45, 2.75) is 135 Å². The molecule has 0 aliphatic heterocycles. The molecule has 2 unspecified atom stereocenters. The van der Waals surface area contributed by atoms with Crippen molar-refractivity contribution in [3.8, 4) is 0 Å². The van der Waals surface area contributed by atoms with Gasteiger partial charge in [-0.3, -0.25) is 0 Å². The van der Waals surface area contributed by atoms with Gasteiger partial charge in [-0.1, -0.05) is 89.2 Å². The lowest BCUT2D eigenvalue weighted by molar-refractivity contribution is 0.171. The maximum atomic E-state index is 12.7. The third-order valence-electron chi connectivity index (χ3n) is 7.73. The Kier molecular flexibility index (Phi) is 13.9. The summed E-state index contributed by atoms with van der Waals surface area (Å²) in [5, 5.41) is 12.0. The molecule has 4 amide bonds. The molecule has 0 aliphatic rings. The molecule has 1 aromatic carbocycles. The number of aryl methyl sites for hydroxylation is 2. The van der Waals surface area contributed by atoms with Gasteiger partial charge in [0.2, 0.25) is 0 Å². The third kappa shape index (κ3) is 16.4. The SMILES string of the molecule is Cc1cc(C)c(NC(=O)NCCC(C)CC(C)(C)CC(C)(C)C)cc1NC(=O)NCCC(C)CC(C)(C)CC(C)(C)C. The number of amides is 4. The van der Waals surface area contributed by atoms with Gasteiger partial charge < -0.3 is 21.3 Å². The van der Waals surface area contributed by atoms with Crippen molar-refractivity contribution in [3.63, 3.8) is 0 Å². The monoisotopic (exact) mass is 587 g/mol. The van der Waals surface area contributed by atoms with Crippen molar-refractivity contribution in [1.29, 1.82) is 0 Å². The number of anilines is 2. The number of nitrogens with one attached hydrogen (secondary N) is 4. The second-order valence-electron chi connectivity index (χ2n) is 17.2. The van der Waals surface area contributed by atoms with E-state index in [2.05, 4.69) is 104 Å². The van der Waals surface area contributed by atoms with Gasteiger partial charge in [-0.05, 0) is 103 Å². The molecule has 0 heterocycles. The van der Waals surface area contributed by atoms with E-state index in [1.54, 1.807) is 0 Å². The molecule has 0 radical (unpaired) electrons. The summed E-state index contributed by atoms with van der Waals surface area (Å²) in [7, 11) is 0. The van der Waals surface area contributed by atoms with E-state index < -0.39 is 0 Å². The zero-order valence-corrected chi connectivity index (χ0v) is 29.8. The summed E-state index contributed by atoms with van der Waals surface area (Å²) in [4.78, 5) is 25.4. The molecule has 2 atom stereocenters. The number of rotatable bonds is 14. The van der Waals surface area contributed by atoms with E-state index in [1.807, 2.05) is 26.0 Å². The summed E-state index contributed by atoms with van der Waals surface area (Å²) < 4.78 is 0. The third-order valence-corrected chi connectivity index (χ3v) is 7.73. The number of carbonyl (C=O) groups excluding carboxylic acids is 2. The van der Waals surface area contributed by atoms with E-state index >= 15 is 0 Å². The lowest BCUT2D eigenvalue weighted by Gasteiger charge is -2.34. The topological polar surface area (TPSA) is 82.3 Å². The molecule has 1 rings (SSSR count). The number of hydrogen-bond donors (Lipinski definition) is 4. The first kappa shape index (κ1) is 37.8. The Morgan fingerprint density at radius 3 is 1.26 bits per heavy atom. The smallest absolute Gasteiger partial charge is 0.319 e. The van der Waals surface area contributed by atoms with E-state index in [0.717, 1.165) is 36.8 Å². The Labute approximate surface area is 259 Å². The van der Waals surface area contributed by atoms with Gasteiger partial charge in [0.15, 0.2) is 0 Å². The summed E-state index contributed by atoms with van der Waals surface area (Å²) in [6, 6.07) is 3.40. The highest BCUT2D eigenvalue weighted by atomic mass is 16.2. The molecular formula is C36H66N4O2. The molecule has 0 aliphatic carbocycles. The minimum absolute atomic E-state index is 0.220. The lowest BCUT2D eigenvalue weighted by Crippen LogP contribution is -2.32. The Balaban J connectivity index is 2.58. The summed E-state index contributed by atoms with van der Waals surface area (Å²) >= 11 is 0. The molecule has 0 bridgehead atoms. The fourth-order valence-electron chi connectivity index (χ4n) is 7.43. The van der Waals surface area contributed by atoms with Crippen molar-refractivity contribution in [1.82, 2.24) is 10.6 Å². The summed E-state index contributed by atoms with van der Waals surface area (Å²) in [6.07, 6.45) is 6.50. The highest BCUT2D eigenvalue weighted by Gasteiger charge is 2.28. The first-order valence-corrected chi connectivity index (χ1v) is 16.2. The fraction of sp³-hybridized carbons (Fsp3) is 0.778.